The van der Waals surface area contributed by atoms with Crippen molar-refractivity contribution in [2.45, 2.75) is 45.1 Å². The Hall–Kier alpha value is -2.63. The van der Waals surface area contributed by atoms with Gasteiger partial charge in [-0.3, -0.25) is 4.79 Å². The Bertz CT molecular complexity index is 812. The average molecular weight is 380 g/mol. The number of likely N-dealkylation sites (tertiary alicyclic amines) is 1. The first-order chi connectivity index (χ1) is 13.7. The number of piperidine rings is 2. The molecule has 6 heteroatoms. The summed E-state index contributed by atoms with van der Waals surface area (Å²) in [6, 6.07) is 9.71. The van der Waals surface area contributed by atoms with Crippen molar-refractivity contribution < 1.29 is 9.53 Å². The SMILES string of the molecule is Cc1cc(N2CCC(Oc3ccccc3C(=O)N3CCCCC3)CC2)ncn1. The maximum Gasteiger partial charge on any atom is 0.257 e. The van der Waals surface area contributed by atoms with E-state index in [4.69, 9.17) is 4.74 Å². The number of rotatable bonds is 4. The molecule has 4 rings (SSSR count). The van der Waals surface area contributed by atoms with Gasteiger partial charge in [0.1, 0.15) is 24.0 Å². The standard InChI is InChI=1S/C22H28N4O2/c1-17-15-21(24-16-23-17)25-13-9-18(10-14-25)28-20-8-4-3-7-19(20)22(27)26-11-5-2-6-12-26/h3-4,7-8,15-16,18H,2,5-6,9-14H2,1H3. The summed E-state index contributed by atoms with van der Waals surface area (Å²) in [4.78, 5) is 25.8. The van der Waals surface area contributed by atoms with Crippen molar-refractivity contribution in [2.24, 2.45) is 0 Å². The van der Waals surface area contributed by atoms with Crippen molar-refractivity contribution in [2.75, 3.05) is 31.1 Å². The molecule has 0 spiro atoms. The van der Waals surface area contributed by atoms with Gasteiger partial charge in [0.15, 0.2) is 0 Å². The van der Waals surface area contributed by atoms with E-state index < -0.39 is 0 Å². The lowest BCUT2D eigenvalue weighted by Gasteiger charge is -2.33. The predicted molar refractivity (Wildman–Crippen MR) is 109 cm³/mol. The van der Waals surface area contributed by atoms with Gasteiger partial charge in [0, 0.05) is 50.8 Å². The molecular formula is C22H28N4O2. The molecule has 2 aliphatic rings. The molecule has 1 aromatic carbocycles. The van der Waals surface area contributed by atoms with Crippen molar-refractivity contribution in [1.29, 1.82) is 0 Å². The van der Waals surface area contributed by atoms with E-state index in [1.165, 1.54) is 6.42 Å². The molecule has 0 saturated carbocycles. The van der Waals surface area contributed by atoms with Crippen LogP contribution < -0.4 is 9.64 Å². The van der Waals surface area contributed by atoms with Crippen LogP contribution in [-0.4, -0.2) is 53.1 Å². The minimum Gasteiger partial charge on any atom is -0.489 e. The minimum absolute atomic E-state index is 0.101. The van der Waals surface area contributed by atoms with Gasteiger partial charge >= 0.3 is 0 Å². The number of carbonyl (C=O) groups is 1. The van der Waals surface area contributed by atoms with Gasteiger partial charge < -0.3 is 14.5 Å². The van der Waals surface area contributed by atoms with Gasteiger partial charge in [0.05, 0.1) is 5.56 Å². The van der Waals surface area contributed by atoms with E-state index in [0.717, 1.165) is 69.1 Å². The zero-order valence-corrected chi connectivity index (χ0v) is 16.5. The van der Waals surface area contributed by atoms with Crippen LogP contribution in [0, 0.1) is 6.92 Å². The number of aromatic nitrogens is 2. The normalized spacial score (nSPS) is 18.2. The van der Waals surface area contributed by atoms with Crippen LogP contribution in [0.1, 0.15) is 48.2 Å². The summed E-state index contributed by atoms with van der Waals surface area (Å²) >= 11 is 0. The summed E-state index contributed by atoms with van der Waals surface area (Å²) in [5.74, 6) is 1.80. The molecule has 2 fully saturated rings. The first kappa shape index (κ1) is 18.7. The van der Waals surface area contributed by atoms with Crippen molar-refractivity contribution in [1.82, 2.24) is 14.9 Å². The highest BCUT2D eigenvalue weighted by molar-refractivity contribution is 5.97. The highest BCUT2D eigenvalue weighted by Gasteiger charge is 2.25. The lowest BCUT2D eigenvalue weighted by atomic mass is 10.1. The van der Waals surface area contributed by atoms with E-state index in [2.05, 4.69) is 14.9 Å². The Balaban J connectivity index is 1.39. The molecule has 2 aromatic rings. The van der Waals surface area contributed by atoms with Gasteiger partial charge in [0.25, 0.3) is 5.91 Å². The van der Waals surface area contributed by atoms with E-state index in [0.29, 0.717) is 5.56 Å². The maximum atomic E-state index is 13.0. The minimum atomic E-state index is 0.101. The van der Waals surface area contributed by atoms with Gasteiger partial charge in [-0.2, -0.15) is 0 Å². The number of nitrogens with zero attached hydrogens (tertiary/aromatic N) is 4. The predicted octanol–water partition coefficient (Wildman–Crippen LogP) is 3.46. The highest BCUT2D eigenvalue weighted by Crippen LogP contribution is 2.26. The van der Waals surface area contributed by atoms with Crippen LogP contribution >= 0.6 is 0 Å². The Labute approximate surface area is 166 Å². The number of hydrogen-bond acceptors (Lipinski definition) is 5. The van der Waals surface area contributed by atoms with Crippen LogP contribution in [0.5, 0.6) is 5.75 Å². The van der Waals surface area contributed by atoms with Crippen LogP contribution in [0.15, 0.2) is 36.7 Å². The third kappa shape index (κ3) is 4.26. The second-order valence-electron chi connectivity index (χ2n) is 7.67. The Morgan fingerprint density at radius 1 is 1.04 bits per heavy atom. The lowest BCUT2D eigenvalue weighted by Crippen LogP contribution is -2.39. The molecule has 0 bridgehead atoms. The quantitative estimate of drug-likeness (QED) is 0.813. The van der Waals surface area contributed by atoms with Gasteiger partial charge in [-0.05, 0) is 38.3 Å². The largest absolute Gasteiger partial charge is 0.489 e. The fourth-order valence-electron chi connectivity index (χ4n) is 4.01. The smallest absolute Gasteiger partial charge is 0.257 e. The van der Waals surface area contributed by atoms with E-state index in [9.17, 15) is 4.79 Å². The molecule has 0 unspecified atom stereocenters. The number of amides is 1. The number of anilines is 1. The zero-order valence-electron chi connectivity index (χ0n) is 16.5. The molecule has 1 amide bonds. The summed E-state index contributed by atoms with van der Waals surface area (Å²) in [6.07, 6.45) is 6.97. The summed E-state index contributed by atoms with van der Waals surface area (Å²) in [5, 5.41) is 0. The molecule has 1 aromatic heterocycles. The molecule has 0 atom stereocenters. The number of hydrogen-bond donors (Lipinski definition) is 0. The molecule has 28 heavy (non-hydrogen) atoms. The molecule has 3 heterocycles. The topological polar surface area (TPSA) is 58.6 Å². The first-order valence-corrected chi connectivity index (χ1v) is 10.3. The molecule has 2 saturated heterocycles. The Morgan fingerprint density at radius 2 is 1.79 bits per heavy atom. The van der Waals surface area contributed by atoms with Crippen molar-refractivity contribution in [3.8, 4) is 5.75 Å². The van der Waals surface area contributed by atoms with Crippen LogP contribution in [-0.2, 0) is 0 Å². The van der Waals surface area contributed by atoms with Gasteiger partial charge in [0.2, 0.25) is 0 Å². The zero-order chi connectivity index (χ0) is 19.3. The Morgan fingerprint density at radius 3 is 2.54 bits per heavy atom. The van der Waals surface area contributed by atoms with Crippen molar-refractivity contribution >= 4 is 11.7 Å². The van der Waals surface area contributed by atoms with Crippen LogP contribution in [0.3, 0.4) is 0 Å². The van der Waals surface area contributed by atoms with Crippen LogP contribution in [0.4, 0.5) is 5.82 Å². The number of ether oxygens (including phenoxy) is 1. The number of para-hydroxylation sites is 1. The van der Waals surface area contributed by atoms with E-state index in [1.54, 1.807) is 6.33 Å². The average Bonchev–Trinajstić information content (AvgIpc) is 2.75. The summed E-state index contributed by atoms with van der Waals surface area (Å²) in [5.41, 5.74) is 1.67. The first-order valence-electron chi connectivity index (χ1n) is 10.3. The van der Waals surface area contributed by atoms with E-state index in [-0.39, 0.29) is 12.0 Å². The summed E-state index contributed by atoms with van der Waals surface area (Å²) < 4.78 is 6.30. The molecular weight excluding hydrogens is 352 g/mol. The number of carbonyl (C=O) groups excluding carboxylic acids is 1. The van der Waals surface area contributed by atoms with Crippen molar-refractivity contribution in [3.63, 3.8) is 0 Å². The number of aryl methyl sites for hydroxylation is 1. The maximum absolute atomic E-state index is 13.0. The highest BCUT2D eigenvalue weighted by atomic mass is 16.5. The number of benzene rings is 1. The molecule has 6 nitrogen and oxygen atoms in total. The van der Waals surface area contributed by atoms with Gasteiger partial charge in [-0.15, -0.1) is 0 Å². The van der Waals surface area contributed by atoms with Gasteiger partial charge in [-0.25, -0.2) is 9.97 Å². The molecule has 0 radical (unpaired) electrons. The van der Waals surface area contributed by atoms with E-state index in [1.807, 2.05) is 42.2 Å². The second kappa shape index (κ2) is 8.59. The third-order valence-corrected chi connectivity index (χ3v) is 5.61. The fraction of sp³-hybridized carbons (Fsp3) is 0.500. The molecule has 0 N–H and O–H groups in total. The van der Waals surface area contributed by atoms with E-state index >= 15 is 0 Å². The fourth-order valence-corrected chi connectivity index (χ4v) is 4.01. The van der Waals surface area contributed by atoms with Crippen molar-refractivity contribution in [3.05, 3.63) is 47.9 Å². The monoisotopic (exact) mass is 380 g/mol. The molecule has 2 aliphatic heterocycles. The summed E-state index contributed by atoms with van der Waals surface area (Å²) in [7, 11) is 0. The lowest BCUT2D eigenvalue weighted by molar-refractivity contribution is 0.0715. The van der Waals surface area contributed by atoms with Gasteiger partial charge in [-0.1, -0.05) is 12.1 Å². The third-order valence-electron chi connectivity index (χ3n) is 5.61. The van der Waals surface area contributed by atoms with Crippen LogP contribution in [0.2, 0.25) is 0 Å². The van der Waals surface area contributed by atoms with Crippen LogP contribution in [0.25, 0.3) is 0 Å². The molecule has 148 valence electrons. The Kier molecular flexibility index (Phi) is 5.74. The second-order valence-corrected chi connectivity index (χ2v) is 7.67. The molecule has 0 aliphatic carbocycles. The summed E-state index contributed by atoms with van der Waals surface area (Å²) in [6.45, 7) is 5.47.